The summed E-state index contributed by atoms with van der Waals surface area (Å²) in [5.41, 5.74) is 1.92. The Labute approximate surface area is 136 Å². The molecule has 0 aliphatic heterocycles. The molecule has 1 N–H and O–H groups in total. The molecule has 0 aromatic carbocycles. The van der Waals surface area contributed by atoms with Gasteiger partial charge in [-0.25, -0.2) is 18.1 Å². The second-order valence-corrected chi connectivity index (χ2v) is 8.59. The molecule has 0 aliphatic rings. The molecule has 0 fully saturated rings. The van der Waals surface area contributed by atoms with Crippen molar-refractivity contribution >= 4 is 32.7 Å². The van der Waals surface area contributed by atoms with Crippen molar-refractivity contribution in [3.63, 3.8) is 0 Å². The summed E-state index contributed by atoms with van der Waals surface area (Å²) in [6.45, 7) is 0.413. The quantitative estimate of drug-likeness (QED) is 0.738. The number of rotatable bonds is 6. The maximum atomic E-state index is 11.0. The molecule has 22 heavy (non-hydrogen) atoms. The predicted octanol–water partition coefficient (Wildman–Crippen LogP) is 3.22. The van der Waals surface area contributed by atoms with E-state index in [0.717, 1.165) is 26.0 Å². The molecule has 3 heterocycles. The lowest BCUT2D eigenvalue weighted by Crippen LogP contribution is -2.23. The Balaban J connectivity index is 1.69. The average molecular weight is 354 g/mol. The summed E-state index contributed by atoms with van der Waals surface area (Å²) in [7, 11) is -3.13. The first kappa shape index (κ1) is 15.4. The number of aromatic nitrogens is 1. The molecule has 0 unspecified atom stereocenters. The van der Waals surface area contributed by atoms with Crippen LogP contribution in [0.15, 0.2) is 40.5 Å². The third-order valence-electron chi connectivity index (χ3n) is 2.92. The standard InChI is InChI=1S/C14H14N2O3S3/c1-22(17,18)15-6-4-11-2-3-13(21-11)12-9-20-14(16-12)10-5-7-19-8-10/h2-3,5,7-9,15H,4,6H2,1H3. The predicted molar refractivity (Wildman–Crippen MR) is 89.7 cm³/mol. The molecule has 3 aromatic heterocycles. The van der Waals surface area contributed by atoms with Crippen LogP contribution >= 0.6 is 22.7 Å². The van der Waals surface area contributed by atoms with Gasteiger partial charge >= 0.3 is 0 Å². The van der Waals surface area contributed by atoms with Crippen molar-refractivity contribution in [1.82, 2.24) is 9.71 Å². The smallest absolute Gasteiger partial charge is 0.208 e. The Morgan fingerprint density at radius 2 is 2.18 bits per heavy atom. The lowest BCUT2D eigenvalue weighted by atomic mass is 10.3. The Hall–Kier alpha value is -1.48. The fraction of sp³-hybridized carbons (Fsp3) is 0.214. The van der Waals surface area contributed by atoms with Crippen LogP contribution in [0.2, 0.25) is 0 Å². The van der Waals surface area contributed by atoms with Gasteiger partial charge in [0, 0.05) is 22.4 Å². The second-order valence-electron chi connectivity index (χ2n) is 4.73. The van der Waals surface area contributed by atoms with Crippen molar-refractivity contribution in [3.05, 3.63) is 41.0 Å². The number of thiophene rings is 1. The van der Waals surface area contributed by atoms with Gasteiger partial charge < -0.3 is 4.42 Å². The van der Waals surface area contributed by atoms with Crippen molar-refractivity contribution < 1.29 is 12.8 Å². The Morgan fingerprint density at radius 1 is 1.32 bits per heavy atom. The third-order valence-corrected chi connectivity index (χ3v) is 5.71. The molecule has 8 heteroatoms. The summed E-state index contributed by atoms with van der Waals surface area (Å²) in [4.78, 5) is 6.83. The van der Waals surface area contributed by atoms with Crippen LogP contribution in [0.25, 0.3) is 21.1 Å². The Kier molecular flexibility index (Phi) is 4.44. The zero-order chi connectivity index (χ0) is 15.6. The summed E-state index contributed by atoms with van der Waals surface area (Å²) in [6, 6.07) is 5.93. The molecule has 0 atom stereocenters. The second kappa shape index (κ2) is 6.33. The minimum Gasteiger partial charge on any atom is -0.472 e. The van der Waals surface area contributed by atoms with E-state index in [1.807, 2.05) is 23.6 Å². The fourth-order valence-corrected chi connectivity index (χ4v) is 4.24. The van der Waals surface area contributed by atoms with Crippen LogP contribution < -0.4 is 4.72 Å². The van der Waals surface area contributed by atoms with Crippen molar-refractivity contribution in [2.45, 2.75) is 6.42 Å². The van der Waals surface area contributed by atoms with E-state index in [4.69, 9.17) is 4.42 Å². The van der Waals surface area contributed by atoms with Crippen molar-refractivity contribution in [3.8, 4) is 21.1 Å². The summed E-state index contributed by atoms with van der Waals surface area (Å²) in [5, 5.41) is 2.95. The SMILES string of the molecule is CS(=O)(=O)NCCc1ccc(-c2csc(-c3ccoc3)n2)s1. The molecule has 0 radical (unpaired) electrons. The van der Waals surface area contributed by atoms with Gasteiger partial charge in [-0.1, -0.05) is 0 Å². The summed E-state index contributed by atoms with van der Waals surface area (Å²) in [6.07, 6.45) is 5.16. The van der Waals surface area contributed by atoms with Gasteiger partial charge in [-0.05, 0) is 24.6 Å². The van der Waals surface area contributed by atoms with Crippen LogP contribution in [-0.2, 0) is 16.4 Å². The molecule has 116 valence electrons. The van der Waals surface area contributed by atoms with Gasteiger partial charge in [0.15, 0.2) is 0 Å². The minimum absolute atomic E-state index is 0.413. The van der Waals surface area contributed by atoms with E-state index < -0.39 is 10.0 Å². The highest BCUT2D eigenvalue weighted by atomic mass is 32.2. The largest absolute Gasteiger partial charge is 0.472 e. The van der Waals surface area contributed by atoms with Gasteiger partial charge in [-0.3, -0.25) is 0 Å². The maximum Gasteiger partial charge on any atom is 0.208 e. The van der Waals surface area contributed by atoms with E-state index in [2.05, 4.69) is 9.71 Å². The number of thiazole rings is 1. The van der Waals surface area contributed by atoms with Crippen LogP contribution in [0.5, 0.6) is 0 Å². The lowest BCUT2D eigenvalue weighted by Gasteiger charge is -1.99. The topological polar surface area (TPSA) is 72.2 Å². The molecular weight excluding hydrogens is 340 g/mol. The highest BCUT2D eigenvalue weighted by Crippen LogP contribution is 2.32. The zero-order valence-corrected chi connectivity index (χ0v) is 14.2. The Bertz CT molecular complexity index is 848. The van der Waals surface area contributed by atoms with Crippen LogP contribution in [0.3, 0.4) is 0 Å². The zero-order valence-electron chi connectivity index (χ0n) is 11.8. The summed E-state index contributed by atoms with van der Waals surface area (Å²) in [5.74, 6) is 0. The van der Waals surface area contributed by atoms with Gasteiger partial charge in [-0.2, -0.15) is 0 Å². The average Bonchev–Trinajstić information content (AvgIpc) is 3.18. The van der Waals surface area contributed by atoms with Crippen molar-refractivity contribution in [2.24, 2.45) is 0 Å². The van der Waals surface area contributed by atoms with Crippen LogP contribution in [0, 0.1) is 0 Å². The molecule has 5 nitrogen and oxygen atoms in total. The first-order chi connectivity index (χ1) is 10.5. The number of furan rings is 1. The summed E-state index contributed by atoms with van der Waals surface area (Å²) >= 11 is 3.21. The van der Waals surface area contributed by atoms with E-state index in [1.165, 1.54) is 6.26 Å². The fourth-order valence-electron chi connectivity index (χ4n) is 1.92. The molecule has 0 saturated heterocycles. The molecule has 3 rings (SSSR count). The number of nitrogens with one attached hydrogen (secondary N) is 1. The number of sulfonamides is 1. The van der Waals surface area contributed by atoms with Gasteiger partial charge in [0.25, 0.3) is 0 Å². The van der Waals surface area contributed by atoms with Crippen LogP contribution in [-0.4, -0.2) is 26.2 Å². The molecule has 0 bridgehead atoms. The van der Waals surface area contributed by atoms with Gasteiger partial charge in [0.2, 0.25) is 10.0 Å². The van der Waals surface area contributed by atoms with Gasteiger partial charge in [-0.15, -0.1) is 22.7 Å². The molecular formula is C14H14N2O3S3. The monoisotopic (exact) mass is 354 g/mol. The highest BCUT2D eigenvalue weighted by molar-refractivity contribution is 7.88. The number of hydrogen-bond acceptors (Lipinski definition) is 6. The lowest BCUT2D eigenvalue weighted by molar-refractivity contribution is 0.568. The van der Waals surface area contributed by atoms with Gasteiger partial charge in [0.1, 0.15) is 11.3 Å². The highest BCUT2D eigenvalue weighted by Gasteiger charge is 2.10. The normalized spacial score (nSPS) is 11.9. The molecule has 0 amide bonds. The molecule has 0 saturated carbocycles. The van der Waals surface area contributed by atoms with Crippen molar-refractivity contribution in [1.29, 1.82) is 0 Å². The van der Waals surface area contributed by atoms with Gasteiger partial charge in [0.05, 0.1) is 23.1 Å². The molecule has 0 spiro atoms. The third kappa shape index (κ3) is 3.83. The van der Waals surface area contributed by atoms with E-state index in [0.29, 0.717) is 13.0 Å². The Morgan fingerprint density at radius 3 is 2.91 bits per heavy atom. The minimum atomic E-state index is -3.13. The van der Waals surface area contributed by atoms with E-state index in [9.17, 15) is 8.42 Å². The van der Waals surface area contributed by atoms with E-state index >= 15 is 0 Å². The van der Waals surface area contributed by atoms with E-state index in [-0.39, 0.29) is 0 Å². The maximum absolute atomic E-state index is 11.0. The molecule has 0 aliphatic carbocycles. The molecule has 3 aromatic rings. The summed E-state index contributed by atoms with van der Waals surface area (Å²) < 4.78 is 29.6. The van der Waals surface area contributed by atoms with Crippen molar-refractivity contribution in [2.75, 3.05) is 12.8 Å². The van der Waals surface area contributed by atoms with Crippen LogP contribution in [0.1, 0.15) is 4.88 Å². The number of nitrogens with zero attached hydrogens (tertiary/aromatic N) is 1. The first-order valence-electron chi connectivity index (χ1n) is 6.53. The first-order valence-corrected chi connectivity index (χ1v) is 10.1. The number of hydrogen-bond donors (Lipinski definition) is 1. The van der Waals surface area contributed by atoms with Crippen LogP contribution in [0.4, 0.5) is 0 Å². The van der Waals surface area contributed by atoms with E-state index in [1.54, 1.807) is 35.2 Å².